The van der Waals surface area contributed by atoms with Crippen LogP contribution in [0.5, 0.6) is 0 Å². The lowest BCUT2D eigenvalue weighted by atomic mass is 10.1. The van der Waals surface area contributed by atoms with Gasteiger partial charge in [-0.3, -0.25) is 0 Å². The lowest BCUT2D eigenvalue weighted by molar-refractivity contribution is 0.322. The second-order valence-electron chi connectivity index (χ2n) is 3.59. The quantitative estimate of drug-likeness (QED) is 0.353. The molecule has 0 atom stereocenters. The Bertz CT molecular complexity index is 624. The molecule has 0 fully saturated rings. The minimum absolute atomic E-state index is 0.373. The summed E-state index contributed by atoms with van der Waals surface area (Å²) in [5, 5.41) is 11.5. The van der Waals surface area contributed by atoms with E-state index in [-0.39, 0.29) is 5.82 Å². The zero-order valence-electron chi connectivity index (χ0n) is 9.47. The molecular weight excluding hydrogens is 229 g/mol. The molecule has 1 N–H and O–H groups in total. The van der Waals surface area contributed by atoms with E-state index in [2.05, 4.69) is 17.0 Å². The van der Waals surface area contributed by atoms with Gasteiger partial charge in [0.25, 0.3) is 0 Å². The highest BCUT2D eigenvalue weighted by atomic mass is 19.1. The molecule has 88 valence electrons. The Morgan fingerprint density at radius 2 is 1.83 bits per heavy atom. The molecule has 2 aromatic rings. The van der Waals surface area contributed by atoms with Crippen molar-refractivity contribution in [3.8, 4) is 11.8 Å². The number of nitrogens with zero attached hydrogens (tertiary/aromatic N) is 1. The van der Waals surface area contributed by atoms with Gasteiger partial charge < -0.3 is 5.21 Å². The Morgan fingerprint density at radius 1 is 1.06 bits per heavy atom. The summed E-state index contributed by atoms with van der Waals surface area (Å²) in [6.45, 7) is 0. The molecule has 0 spiro atoms. The molecule has 0 amide bonds. The monoisotopic (exact) mass is 239 g/mol. The predicted octanol–water partition coefficient (Wildman–Crippen LogP) is 3.03. The normalized spacial score (nSPS) is 10.1. The SMILES string of the molecule is O/N=C/c1ccc(F)cc1C#Cc1ccccc1. The van der Waals surface area contributed by atoms with E-state index in [1.54, 1.807) is 0 Å². The van der Waals surface area contributed by atoms with Gasteiger partial charge >= 0.3 is 0 Å². The third-order valence-corrected chi connectivity index (χ3v) is 2.33. The first-order chi connectivity index (χ1) is 8.79. The van der Waals surface area contributed by atoms with Gasteiger partial charge in [0.15, 0.2) is 0 Å². The second kappa shape index (κ2) is 5.65. The molecule has 0 aliphatic heterocycles. The summed E-state index contributed by atoms with van der Waals surface area (Å²) in [5.74, 6) is 5.42. The number of benzene rings is 2. The molecule has 0 aliphatic rings. The lowest BCUT2D eigenvalue weighted by Gasteiger charge is -1.97. The molecule has 0 radical (unpaired) electrons. The standard InChI is InChI=1S/C15H10FNO/c16-15-9-8-14(11-17-18)13(10-15)7-6-12-4-2-1-3-5-12/h1-5,8-11,18H/b17-11+. The Labute approximate surface area is 104 Å². The molecule has 2 aromatic carbocycles. The highest BCUT2D eigenvalue weighted by Crippen LogP contribution is 2.08. The average molecular weight is 239 g/mol. The summed E-state index contributed by atoms with van der Waals surface area (Å²) in [7, 11) is 0. The summed E-state index contributed by atoms with van der Waals surface area (Å²) in [6.07, 6.45) is 1.23. The van der Waals surface area contributed by atoms with Crippen LogP contribution in [-0.2, 0) is 0 Å². The first-order valence-electron chi connectivity index (χ1n) is 5.33. The zero-order chi connectivity index (χ0) is 12.8. The molecule has 3 heteroatoms. The minimum Gasteiger partial charge on any atom is -0.411 e. The van der Waals surface area contributed by atoms with Crippen LogP contribution in [0.1, 0.15) is 16.7 Å². The smallest absolute Gasteiger partial charge is 0.124 e. The topological polar surface area (TPSA) is 32.6 Å². The number of oxime groups is 1. The van der Waals surface area contributed by atoms with Gasteiger partial charge in [-0.1, -0.05) is 35.2 Å². The number of hydrogen-bond donors (Lipinski definition) is 1. The highest BCUT2D eigenvalue weighted by Gasteiger charge is 1.99. The zero-order valence-corrected chi connectivity index (χ0v) is 9.47. The van der Waals surface area contributed by atoms with E-state index >= 15 is 0 Å². The second-order valence-corrected chi connectivity index (χ2v) is 3.59. The van der Waals surface area contributed by atoms with E-state index in [1.165, 1.54) is 24.4 Å². The van der Waals surface area contributed by atoms with Crippen molar-refractivity contribution in [2.45, 2.75) is 0 Å². The molecule has 18 heavy (non-hydrogen) atoms. The van der Waals surface area contributed by atoms with Gasteiger partial charge in [-0.25, -0.2) is 4.39 Å². The first-order valence-corrected chi connectivity index (χ1v) is 5.33. The van der Waals surface area contributed by atoms with E-state index in [4.69, 9.17) is 5.21 Å². The summed E-state index contributed by atoms with van der Waals surface area (Å²) < 4.78 is 13.1. The molecule has 0 bridgehead atoms. The number of halogens is 1. The Kier molecular flexibility index (Phi) is 3.72. The summed E-state index contributed by atoms with van der Waals surface area (Å²) in [4.78, 5) is 0. The van der Waals surface area contributed by atoms with Crippen molar-refractivity contribution in [1.29, 1.82) is 0 Å². The van der Waals surface area contributed by atoms with Crippen LogP contribution in [0, 0.1) is 17.7 Å². The third-order valence-electron chi connectivity index (χ3n) is 2.33. The van der Waals surface area contributed by atoms with Gasteiger partial charge in [0.1, 0.15) is 5.82 Å². The first kappa shape index (κ1) is 11.9. The van der Waals surface area contributed by atoms with Crippen LogP contribution in [0.2, 0.25) is 0 Å². The van der Waals surface area contributed by atoms with Crippen LogP contribution in [0.3, 0.4) is 0 Å². The van der Waals surface area contributed by atoms with E-state index in [0.717, 1.165) is 5.56 Å². The van der Waals surface area contributed by atoms with E-state index in [0.29, 0.717) is 11.1 Å². The van der Waals surface area contributed by atoms with Crippen molar-refractivity contribution in [3.05, 3.63) is 71.0 Å². The molecule has 0 aromatic heterocycles. The maximum Gasteiger partial charge on any atom is 0.124 e. The van der Waals surface area contributed by atoms with Gasteiger partial charge in [0.05, 0.1) is 6.21 Å². The molecule has 0 saturated carbocycles. The van der Waals surface area contributed by atoms with Crippen molar-refractivity contribution in [3.63, 3.8) is 0 Å². The van der Waals surface area contributed by atoms with Crippen molar-refractivity contribution in [1.82, 2.24) is 0 Å². The van der Waals surface area contributed by atoms with E-state index in [9.17, 15) is 4.39 Å². The molecule has 0 aliphatic carbocycles. The summed E-state index contributed by atoms with van der Waals surface area (Å²) >= 11 is 0. The molecule has 0 unspecified atom stereocenters. The summed E-state index contributed by atoms with van der Waals surface area (Å²) in [5.41, 5.74) is 1.90. The van der Waals surface area contributed by atoms with Crippen LogP contribution in [0.25, 0.3) is 0 Å². The Morgan fingerprint density at radius 3 is 2.56 bits per heavy atom. The summed E-state index contributed by atoms with van der Waals surface area (Å²) in [6, 6.07) is 13.5. The van der Waals surface area contributed by atoms with Gasteiger partial charge in [-0.05, 0) is 30.3 Å². The minimum atomic E-state index is -0.373. The largest absolute Gasteiger partial charge is 0.411 e. The van der Waals surface area contributed by atoms with Gasteiger partial charge in [0.2, 0.25) is 0 Å². The molecular formula is C15H10FNO. The van der Waals surface area contributed by atoms with E-state index in [1.807, 2.05) is 30.3 Å². The number of rotatable bonds is 1. The van der Waals surface area contributed by atoms with Gasteiger partial charge in [-0.15, -0.1) is 0 Å². The fraction of sp³-hybridized carbons (Fsp3) is 0. The number of hydrogen-bond acceptors (Lipinski definition) is 2. The lowest BCUT2D eigenvalue weighted by Crippen LogP contribution is -1.90. The fourth-order valence-corrected chi connectivity index (χ4v) is 1.47. The maximum atomic E-state index is 13.1. The van der Waals surface area contributed by atoms with Crippen molar-refractivity contribution in [2.24, 2.45) is 5.16 Å². The van der Waals surface area contributed by atoms with Crippen LogP contribution < -0.4 is 0 Å². The predicted molar refractivity (Wildman–Crippen MR) is 68.2 cm³/mol. The molecule has 0 heterocycles. The molecule has 0 saturated heterocycles. The fourth-order valence-electron chi connectivity index (χ4n) is 1.47. The molecule has 2 rings (SSSR count). The third kappa shape index (κ3) is 2.96. The van der Waals surface area contributed by atoms with Crippen LogP contribution in [-0.4, -0.2) is 11.4 Å². The maximum absolute atomic E-state index is 13.1. The molecule has 2 nitrogen and oxygen atoms in total. The van der Waals surface area contributed by atoms with Crippen LogP contribution in [0.15, 0.2) is 53.7 Å². The van der Waals surface area contributed by atoms with Crippen molar-refractivity contribution in [2.75, 3.05) is 0 Å². The van der Waals surface area contributed by atoms with Gasteiger partial charge in [0, 0.05) is 16.7 Å². The van der Waals surface area contributed by atoms with Crippen LogP contribution in [0.4, 0.5) is 4.39 Å². The van der Waals surface area contributed by atoms with Crippen molar-refractivity contribution < 1.29 is 9.60 Å². The Balaban J connectivity index is 2.40. The van der Waals surface area contributed by atoms with Crippen molar-refractivity contribution >= 4 is 6.21 Å². The average Bonchev–Trinajstić information content (AvgIpc) is 2.40. The Hall–Kier alpha value is -2.60. The highest BCUT2D eigenvalue weighted by molar-refractivity contribution is 5.83. The van der Waals surface area contributed by atoms with Crippen LogP contribution >= 0.6 is 0 Å². The van der Waals surface area contributed by atoms with E-state index < -0.39 is 0 Å². The van der Waals surface area contributed by atoms with Gasteiger partial charge in [-0.2, -0.15) is 0 Å².